The summed E-state index contributed by atoms with van der Waals surface area (Å²) in [5, 5.41) is 35.9. The van der Waals surface area contributed by atoms with Crippen LogP contribution in [0, 0.1) is 0 Å². The van der Waals surface area contributed by atoms with Crippen molar-refractivity contribution >= 4 is 88.1 Å². The number of nitrogens with one attached hydrogen (secondary N) is 2. The minimum Gasteiger partial charge on any atom is -0.504 e. The fourth-order valence-corrected chi connectivity index (χ4v) is 8.11. The van der Waals surface area contributed by atoms with Gasteiger partial charge in [0, 0.05) is 23.5 Å². The largest absolute Gasteiger partial charge is 0.504 e. The van der Waals surface area contributed by atoms with E-state index in [0.29, 0.717) is 17.7 Å². The number of para-hydroxylation sites is 1. The predicted octanol–water partition coefficient (Wildman–Crippen LogP) is 5.92. The van der Waals surface area contributed by atoms with E-state index in [0.717, 1.165) is 31.4 Å². The number of carboxylic acids is 1. The highest BCUT2D eigenvalue weighted by Crippen LogP contribution is 2.38. The molecular weight excluding hydrogens is 866 g/mol. The van der Waals surface area contributed by atoms with Crippen molar-refractivity contribution in [2.24, 2.45) is 15.3 Å². The molecule has 0 bridgehead atoms. The van der Waals surface area contributed by atoms with Gasteiger partial charge in [-0.15, -0.1) is 10.2 Å². The summed E-state index contributed by atoms with van der Waals surface area (Å²) in [4.78, 5) is 25.6. The van der Waals surface area contributed by atoms with Crippen LogP contribution in [0.2, 0.25) is 5.28 Å². The van der Waals surface area contributed by atoms with Gasteiger partial charge in [0.1, 0.15) is 17.1 Å². The van der Waals surface area contributed by atoms with Crippen molar-refractivity contribution in [3.8, 4) is 5.75 Å². The average molecular weight is 902 g/mol. The molecule has 60 heavy (non-hydrogen) atoms. The van der Waals surface area contributed by atoms with Crippen molar-refractivity contribution < 1.29 is 49.0 Å². The molecule has 1 aromatic heterocycles. The first kappa shape index (κ1) is 45.0. The molecule has 0 aliphatic carbocycles. The lowest BCUT2D eigenvalue weighted by molar-refractivity contribution is 0.0697. The van der Waals surface area contributed by atoms with Crippen LogP contribution in [0.1, 0.15) is 34.8 Å². The highest BCUT2D eigenvalue weighted by molar-refractivity contribution is 7.91. The Morgan fingerprint density at radius 3 is 2.18 bits per heavy atom. The summed E-state index contributed by atoms with van der Waals surface area (Å²) >= 11 is 6.32. The molecule has 0 radical (unpaired) electrons. The molecule has 316 valence electrons. The molecule has 0 saturated heterocycles. The van der Waals surface area contributed by atoms with Crippen molar-refractivity contribution in [3.63, 3.8) is 0 Å². The van der Waals surface area contributed by atoms with Gasteiger partial charge in [-0.1, -0.05) is 61.5 Å². The van der Waals surface area contributed by atoms with Crippen molar-refractivity contribution in [1.82, 2.24) is 15.0 Å². The maximum atomic E-state index is 13.0. The zero-order valence-corrected chi connectivity index (χ0v) is 34.7. The van der Waals surface area contributed by atoms with Gasteiger partial charge in [0.15, 0.2) is 15.6 Å². The molecular formula is C36H36ClN9O11S3. The third kappa shape index (κ3) is 12.2. The maximum absolute atomic E-state index is 13.0. The van der Waals surface area contributed by atoms with Crippen LogP contribution in [0.15, 0.2) is 111 Å². The molecule has 5 rings (SSSR count). The van der Waals surface area contributed by atoms with Crippen LogP contribution in [-0.4, -0.2) is 91.9 Å². The van der Waals surface area contributed by atoms with Crippen molar-refractivity contribution in [3.05, 3.63) is 113 Å². The predicted molar refractivity (Wildman–Crippen MR) is 223 cm³/mol. The Balaban J connectivity index is 1.57. The fraction of sp³-hybridized carbons (Fsp3) is 0.194. The van der Waals surface area contributed by atoms with Crippen LogP contribution in [0.25, 0.3) is 0 Å². The molecule has 4 aromatic carbocycles. The summed E-state index contributed by atoms with van der Waals surface area (Å²) in [5.74, 6) is -3.76. The number of aromatic nitrogens is 3. The third-order valence-corrected chi connectivity index (χ3v) is 12.0. The van der Waals surface area contributed by atoms with E-state index in [4.69, 9.17) is 15.8 Å². The van der Waals surface area contributed by atoms with Crippen LogP contribution < -0.4 is 15.6 Å². The zero-order chi connectivity index (χ0) is 43.7. The normalized spacial score (nSPS) is 12.4. The fourth-order valence-electron chi connectivity index (χ4n) is 5.35. The number of hydrazone groups is 1. The molecule has 0 saturated carbocycles. The minimum atomic E-state index is -4.49. The molecule has 24 heteroatoms. The smallest absolute Gasteiger partial charge is 0.337 e. The van der Waals surface area contributed by atoms with Crippen LogP contribution in [-0.2, 0) is 40.0 Å². The Labute approximate surface area is 349 Å². The first-order valence-electron chi connectivity index (χ1n) is 17.4. The number of azo groups is 1. The second kappa shape index (κ2) is 19.3. The van der Waals surface area contributed by atoms with Crippen molar-refractivity contribution in [2.45, 2.75) is 24.0 Å². The van der Waals surface area contributed by atoms with Gasteiger partial charge in [0.05, 0.1) is 29.0 Å². The number of rotatable bonds is 18. The molecule has 0 fully saturated rings. The van der Waals surface area contributed by atoms with Gasteiger partial charge in [0.2, 0.25) is 23.0 Å². The first-order valence-corrected chi connectivity index (χ1v) is 22.6. The number of aromatic carboxylic acids is 1. The second-order valence-electron chi connectivity index (χ2n) is 12.5. The number of amidine groups is 1. The van der Waals surface area contributed by atoms with E-state index in [1.807, 2.05) is 0 Å². The summed E-state index contributed by atoms with van der Waals surface area (Å²) in [7, 11) is -11.5. The lowest BCUT2D eigenvalue weighted by atomic mass is 10.1. The summed E-state index contributed by atoms with van der Waals surface area (Å²) in [6.45, 7) is 1.68. The highest BCUT2D eigenvalue weighted by Gasteiger charge is 2.23. The number of hydrogen-bond acceptors (Lipinski definition) is 17. The standard InChI is InChI=1S/C36H36ClN9O11S3/c1-3-17-58(50,51)18-16-46(25-12-8-5-9-13-25)36-40-34(37)39-35(41-36)38-29-20-26(60(55,56)57-2)21-30(31(29)47)43-45-32(24-10-6-4-7-11-24)44-42-28-19-23(22-59(52,53)54)14-15-27(28)33(48)49/h4-15,19-21,43,47H,3,16-18,22H2,1-2H3,(H,48,49)(H,52,53,54)(H,38,39,40,41). The molecule has 0 atom stereocenters. The Morgan fingerprint density at radius 2 is 1.55 bits per heavy atom. The molecule has 0 spiro atoms. The van der Waals surface area contributed by atoms with Crippen LogP contribution >= 0.6 is 11.6 Å². The lowest BCUT2D eigenvalue weighted by Gasteiger charge is -2.23. The quantitative estimate of drug-likeness (QED) is 0.0130. The SMILES string of the molecule is CCCS(=O)(=O)CCN(c1ccccc1)c1nc(Cl)nc(Nc2cc(S(=O)(=O)OC)cc(NN=C(N=Nc3cc(CS(=O)(=O)O)ccc3C(=O)O)c3ccccc3)c2O)n1. The van der Waals surface area contributed by atoms with Crippen LogP contribution in [0.3, 0.4) is 0 Å². The number of aromatic hydroxyl groups is 1. The lowest BCUT2D eigenvalue weighted by Crippen LogP contribution is -2.28. The van der Waals surface area contributed by atoms with Gasteiger partial charge in [-0.3, -0.25) is 14.2 Å². The number of halogens is 1. The van der Waals surface area contributed by atoms with Crippen LogP contribution in [0.5, 0.6) is 5.75 Å². The molecule has 0 amide bonds. The van der Waals surface area contributed by atoms with Gasteiger partial charge in [-0.05, 0) is 60.0 Å². The Kier molecular flexibility index (Phi) is 14.5. The molecule has 5 aromatic rings. The van der Waals surface area contributed by atoms with E-state index in [1.54, 1.807) is 67.6 Å². The van der Waals surface area contributed by atoms with Gasteiger partial charge < -0.3 is 20.4 Å². The number of carboxylic acid groups (broad SMARTS) is 1. The maximum Gasteiger partial charge on any atom is 0.337 e. The number of benzene rings is 4. The highest BCUT2D eigenvalue weighted by atomic mass is 35.5. The first-order chi connectivity index (χ1) is 28.4. The second-order valence-corrected chi connectivity index (χ2v) is 18.3. The van der Waals surface area contributed by atoms with Crippen molar-refractivity contribution in [1.29, 1.82) is 0 Å². The third-order valence-electron chi connectivity index (χ3n) is 8.09. The number of phenolic OH excluding ortho intramolecular Hbond substituents is 1. The Morgan fingerprint density at radius 1 is 0.883 bits per heavy atom. The van der Waals surface area contributed by atoms with E-state index < -0.39 is 52.4 Å². The zero-order valence-electron chi connectivity index (χ0n) is 31.5. The Bertz CT molecular complexity index is 2760. The van der Waals surface area contributed by atoms with E-state index in [9.17, 15) is 44.8 Å². The summed E-state index contributed by atoms with van der Waals surface area (Å²) in [6.07, 6.45) is 0.421. The molecule has 20 nitrogen and oxygen atoms in total. The van der Waals surface area contributed by atoms with E-state index in [-0.39, 0.29) is 69.3 Å². The molecule has 5 N–H and O–H groups in total. The van der Waals surface area contributed by atoms with E-state index in [2.05, 4.69) is 41.0 Å². The number of carbonyl (C=O) groups is 1. The number of nitrogens with zero attached hydrogens (tertiary/aromatic N) is 7. The minimum absolute atomic E-state index is 0.00757. The van der Waals surface area contributed by atoms with Gasteiger partial charge in [0.25, 0.3) is 20.2 Å². The number of anilines is 5. The molecule has 0 unspecified atom stereocenters. The summed E-state index contributed by atoms with van der Waals surface area (Å²) in [5.41, 5.74) is 2.08. The number of hydrogen-bond donors (Lipinski definition) is 5. The summed E-state index contributed by atoms with van der Waals surface area (Å²) in [6, 6.07) is 22.1. The van der Waals surface area contributed by atoms with E-state index >= 15 is 0 Å². The van der Waals surface area contributed by atoms with Gasteiger partial charge in [-0.2, -0.15) is 36.9 Å². The van der Waals surface area contributed by atoms with E-state index in [1.165, 1.54) is 11.0 Å². The topological polar surface area (TPSA) is 292 Å². The van der Waals surface area contributed by atoms with Gasteiger partial charge in [-0.25, -0.2) is 13.2 Å². The van der Waals surface area contributed by atoms with Gasteiger partial charge >= 0.3 is 5.97 Å². The number of sulfone groups is 1. The van der Waals surface area contributed by atoms with Crippen LogP contribution in [0.4, 0.5) is 34.6 Å². The molecule has 0 aliphatic heterocycles. The molecule has 1 heterocycles. The summed E-state index contributed by atoms with van der Waals surface area (Å²) < 4.78 is 88.3. The van der Waals surface area contributed by atoms with Crippen molar-refractivity contribution in [2.75, 3.05) is 40.8 Å². The Hall–Kier alpha value is -6.11. The number of phenols is 1. The molecule has 0 aliphatic rings. The average Bonchev–Trinajstić information content (AvgIpc) is 3.19. The monoisotopic (exact) mass is 901 g/mol.